The number of carbonyl (C=O) groups is 1. The highest BCUT2D eigenvalue weighted by Gasteiger charge is 2.26. The maximum atomic E-state index is 12.9. The maximum Gasteiger partial charge on any atom is 0.194 e. The minimum absolute atomic E-state index is 0.0783. The van der Waals surface area contributed by atoms with Gasteiger partial charge in [0.15, 0.2) is 5.78 Å². The molecule has 138 valence electrons. The van der Waals surface area contributed by atoms with E-state index < -0.39 is 0 Å². The number of benzene rings is 4. The van der Waals surface area contributed by atoms with E-state index in [0.717, 1.165) is 44.9 Å². The Balaban J connectivity index is 1.60. The van der Waals surface area contributed by atoms with Crippen LogP contribution in [0.1, 0.15) is 32.6 Å². The molecule has 0 N–H and O–H groups in total. The zero-order chi connectivity index (χ0) is 19.6. The molecule has 2 nitrogen and oxygen atoms in total. The lowest BCUT2D eigenvalue weighted by molar-refractivity contribution is 0.103. The molecule has 0 spiro atoms. The second-order valence-corrected chi connectivity index (χ2v) is 6.97. The third kappa shape index (κ3) is 3.26. The standard InChI is InChI=1S/C27H18O2/c28-27-24-15-6-4-13-22(24)26(23-14-5-7-16-25(23)27)18-19-9-8-12-21(17-19)29-20-10-2-1-3-11-20/h1-18H. The van der Waals surface area contributed by atoms with Gasteiger partial charge in [0.25, 0.3) is 0 Å². The van der Waals surface area contributed by atoms with Gasteiger partial charge in [0.2, 0.25) is 0 Å². The first-order valence-corrected chi connectivity index (χ1v) is 9.58. The zero-order valence-corrected chi connectivity index (χ0v) is 15.7. The summed E-state index contributed by atoms with van der Waals surface area (Å²) >= 11 is 0. The SMILES string of the molecule is O=C1c2ccccc2C(=Cc2cccc(Oc3ccccc3)c2)c2ccccc21. The van der Waals surface area contributed by atoms with E-state index in [9.17, 15) is 4.79 Å². The van der Waals surface area contributed by atoms with Crippen molar-refractivity contribution in [2.75, 3.05) is 0 Å². The van der Waals surface area contributed by atoms with Crippen LogP contribution in [0.3, 0.4) is 0 Å². The number of carbonyl (C=O) groups excluding carboxylic acids is 1. The lowest BCUT2D eigenvalue weighted by Crippen LogP contribution is -2.14. The molecular weight excluding hydrogens is 356 g/mol. The largest absolute Gasteiger partial charge is 0.457 e. The summed E-state index contributed by atoms with van der Waals surface area (Å²) in [5.74, 6) is 1.66. The first kappa shape index (κ1) is 17.2. The molecule has 0 fully saturated rings. The lowest BCUT2D eigenvalue weighted by Gasteiger charge is -2.21. The highest BCUT2D eigenvalue weighted by Crippen LogP contribution is 2.37. The minimum Gasteiger partial charge on any atom is -0.457 e. The van der Waals surface area contributed by atoms with E-state index >= 15 is 0 Å². The summed E-state index contributed by atoms with van der Waals surface area (Å²) in [7, 11) is 0. The van der Waals surface area contributed by atoms with Gasteiger partial charge in [-0.25, -0.2) is 0 Å². The van der Waals surface area contributed by atoms with Crippen LogP contribution < -0.4 is 4.74 Å². The molecule has 0 saturated heterocycles. The Labute approximate surface area is 169 Å². The molecule has 0 bridgehead atoms. The third-order valence-electron chi connectivity index (χ3n) is 5.07. The molecule has 0 radical (unpaired) electrons. The molecule has 0 aromatic heterocycles. The van der Waals surface area contributed by atoms with Crippen LogP contribution in [0.4, 0.5) is 0 Å². The number of fused-ring (bicyclic) bond motifs is 2. The fraction of sp³-hybridized carbons (Fsp3) is 0. The molecule has 0 atom stereocenters. The molecule has 1 aliphatic carbocycles. The van der Waals surface area contributed by atoms with E-state index in [1.165, 1.54) is 0 Å². The summed E-state index contributed by atoms with van der Waals surface area (Å²) < 4.78 is 5.98. The molecular formula is C27H18O2. The maximum absolute atomic E-state index is 12.9. The van der Waals surface area contributed by atoms with Crippen LogP contribution in [0.5, 0.6) is 11.5 Å². The van der Waals surface area contributed by atoms with Crippen molar-refractivity contribution < 1.29 is 9.53 Å². The second kappa shape index (κ2) is 7.25. The van der Waals surface area contributed by atoms with Crippen LogP contribution in [0.25, 0.3) is 11.6 Å². The van der Waals surface area contributed by atoms with Gasteiger partial charge in [-0.3, -0.25) is 4.79 Å². The third-order valence-corrected chi connectivity index (χ3v) is 5.07. The molecule has 0 aliphatic heterocycles. The van der Waals surface area contributed by atoms with E-state index in [-0.39, 0.29) is 5.78 Å². The molecule has 4 aromatic rings. The number of hydrogen-bond acceptors (Lipinski definition) is 2. The summed E-state index contributed by atoms with van der Waals surface area (Å²) in [6.45, 7) is 0. The number of ether oxygens (including phenoxy) is 1. The van der Waals surface area contributed by atoms with Crippen LogP contribution in [0.15, 0.2) is 103 Å². The average Bonchev–Trinajstić information content (AvgIpc) is 2.78. The van der Waals surface area contributed by atoms with Crippen molar-refractivity contribution in [2.24, 2.45) is 0 Å². The van der Waals surface area contributed by atoms with E-state index in [0.29, 0.717) is 0 Å². The molecule has 29 heavy (non-hydrogen) atoms. The number of rotatable bonds is 3. The number of para-hydroxylation sites is 1. The smallest absolute Gasteiger partial charge is 0.194 e. The van der Waals surface area contributed by atoms with Gasteiger partial charge in [-0.15, -0.1) is 0 Å². The van der Waals surface area contributed by atoms with Gasteiger partial charge in [-0.2, -0.15) is 0 Å². The van der Waals surface area contributed by atoms with E-state index in [1.54, 1.807) is 0 Å². The first-order valence-electron chi connectivity index (χ1n) is 9.58. The fourth-order valence-corrected chi connectivity index (χ4v) is 3.74. The van der Waals surface area contributed by atoms with Gasteiger partial charge in [-0.1, -0.05) is 78.9 Å². The van der Waals surface area contributed by atoms with Gasteiger partial charge in [0.1, 0.15) is 11.5 Å². The fourth-order valence-electron chi connectivity index (χ4n) is 3.74. The van der Waals surface area contributed by atoms with Crippen molar-refractivity contribution in [3.63, 3.8) is 0 Å². The zero-order valence-electron chi connectivity index (χ0n) is 15.7. The topological polar surface area (TPSA) is 26.3 Å². The van der Waals surface area contributed by atoms with E-state index in [4.69, 9.17) is 4.74 Å². The van der Waals surface area contributed by atoms with Crippen molar-refractivity contribution in [1.29, 1.82) is 0 Å². The van der Waals surface area contributed by atoms with Crippen molar-refractivity contribution in [1.82, 2.24) is 0 Å². The summed E-state index contributed by atoms with van der Waals surface area (Å²) in [6.07, 6.45) is 2.13. The van der Waals surface area contributed by atoms with Gasteiger partial charge >= 0.3 is 0 Å². The van der Waals surface area contributed by atoms with Gasteiger partial charge in [0, 0.05) is 11.1 Å². The van der Waals surface area contributed by atoms with Crippen molar-refractivity contribution in [3.8, 4) is 11.5 Å². The van der Waals surface area contributed by atoms with Crippen LogP contribution in [-0.4, -0.2) is 5.78 Å². The first-order chi connectivity index (χ1) is 14.3. The number of hydrogen-bond donors (Lipinski definition) is 0. The van der Waals surface area contributed by atoms with Crippen molar-refractivity contribution >= 4 is 17.4 Å². The van der Waals surface area contributed by atoms with Crippen LogP contribution >= 0.6 is 0 Å². The van der Waals surface area contributed by atoms with Gasteiger partial charge in [-0.05, 0) is 52.6 Å². The predicted octanol–water partition coefficient (Wildman–Crippen LogP) is 6.61. The van der Waals surface area contributed by atoms with E-state index in [2.05, 4.69) is 6.08 Å². The average molecular weight is 374 g/mol. The quantitative estimate of drug-likeness (QED) is 0.355. The number of ketones is 1. The lowest BCUT2D eigenvalue weighted by atomic mass is 9.81. The van der Waals surface area contributed by atoms with Gasteiger partial charge in [0.05, 0.1) is 0 Å². The summed E-state index contributed by atoms with van der Waals surface area (Å²) in [5.41, 5.74) is 5.49. The van der Waals surface area contributed by atoms with E-state index in [1.807, 2.05) is 103 Å². The highest BCUT2D eigenvalue weighted by molar-refractivity contribution is 6.20. The molecule has 0 heterocycles. The Kier molecular flexibility index (Phi) is 4.30. The molecule has 0 amide bonds. The van der Waals surface area contributed by atoms with Crippen molar-refractivity contribution in [3.05, 3.63) is 131 Å². The Bertz CT molecular complexity index is 1180. The molecule has 1 aliphatic rings. The van der Waals surface area contributed by atoms with Crippen LogP contribution in [-0.2, 0) is 0 Å². The summed E-state index contributed by atoms with van der Waals surface area (Å²) in [6, 6.07) is 33.3. The normalized spacial score (nSPS) is 12.1. The van der Waals surface area contributed by atoms with Crippen molar-refractivity contribution in [2.45, 2.75) is 0 Å². The second-order valence-electron chi connectivity index (χ2n) is 6.97. The molecule has 0 unspecified atom stereocenters. The Hall–Kier alpha value is -3.91. The van der Waals surface area contributed by atoms with Crippen LogP contribution in [0.2, 0.25) is 0 Å². The molecule has 4 aromatic carbocycles. The molecule has 5 rings (SSSR count). The summed E-state index contributed by atoms with van der Waals surface area (Å²) in [4.78, 5) is 12.9. The van der Waals surface area contributed by atoms with Gasteiger partial charge < -0.3 is 4.74 Å². The van der Waals surface area contributed by atoms with Crippen LogP contribution in [0, 0.1) is 0 Å². The minimum atomic E-state index is 0.0783. The Morgan fingerprint density at radius 3 is 1.76 bits per heavy atom. The monoisotopic (exact) mass is 374 g/mol. The molecule has 2 heteroatoms. The highest BCUT2D eigenvalue weighted by atomic mass is 16.5. The predicted molar refractivity (Wildman–Crippen MR) is 116 cm³/mol. The summed E-state index contributed by atoms with van der Waals surface area (Å²) in [5, 5.41) is 0. The molecule has 0 saturated carbocycles. The Morgan fingerprint density at radius 1 is 0.552 bits per heavy atom. The Morgan fingerprint density at radius 2 is 1.10 bits per heavy atom.